The molecule has 1 atom stereocenters. The van der Waals surface area contributed by atoms with Gasteiger partial charge in [0.05, 0.1) is 12.5 Å². The zero-order chi connectivity index (χ0) is 22.6. The standard InChI is InChI=1S/C18H21N5O.C2HF3O2/c1-22(11-13-2-3-14-4-5-20-16(14)8-13)18(24)15-9-19-10-17-21-6-7-23(17)12-15;3-2(4,5)1(6)7/h2-8,15,19-20H,9-12H2,1H3;(H,6,7). The summed E-state index contributed by atoms with van der Waals surface area (Å²) in [6, 6.07) is 8.33. The molecule has 0 fully saturated rings. The van der Waals surface area contributed by atoms with Crippen LogP contribution in [0.2, 0.25) is 0 Å². The van der Waals surface area contributed by atoms with Gasteiger partial charge in [-0.05, 0) is 23.1 Å². The molecule has 1 aromatic carbocycles. The fraction of sp³-hybridized carbons (Fsp3) is 0.350. The normalized spacial score (nSPS) is 16.1. The summed E-state index contributed by atoms with van der Waals surface area (Å²) in [7, 11) is 1.88. The van der Waals surface area contributed by atoms with Crippen LogP contribution in [0.15, 0.2) is 42.9 Å². The summed E-state index contributed by atoms with van der Waals surface area (Å²) in [6.07, 6.45) is 0.587. The van der Waals surface area contributed by atoms with Crippen molar-refractivity contribution < 1.29 is 27.9 Å². The molecule has 0 bridgehead atoms. The number of alkyl halides is 3. The first kappa shape index (κ1) is 22.3. The van der Waals surface area contributed by atoms with Crippen LogP contribution in [0.1, 0.15) is 11.4 Å². The summed E-state index contributed by atoms with van der Waals surface area (Å²) in [5, 5.41) is 11.6. The minimum Gasteiger partial charge on any atom is -0.475 e. The number of aromatic nitrogens is 3. The molecular weight excluding hydrogens is 415 g/mol. The largest absolute Gasteiger partial charge is 0.490 e. The Morgan fingerprint density at radius 2 is 2.06 bits per heavy atom. The number of hydrogen-bond donors (Lipinski definition) is 3. The van der Waals surface area contributed by atoms with Gasteiger partial charge >= 0.3 is 12.1 Å². The molecule has 3 aromatic rings. The molecule has 3 N–H and O–H groups in total. The first-order chi connectivity index (χ1) is 14.6. The predicted octanol–water partition coefficient (Wildman–Crippen LogP) is 2.38. The highest BCUT2D eigenvalue weighted by Crippen LogP contribution is 2.17. The minimum atomic E-state index is -5.08. The van der Waals surface area contributed by atoms with Crippen LogP contribution in [0.25, 0.3) is 10.9 Å². The van der Waals surface area contributed by atoms with Gasteiger partial charge in [-0.15, -0.1) is 0 Å². The van der Waals surface area contributed by atoms with Crippen molar-refractivity contribution in [2.45, 2.75) is 25.8 Å². The molecule has 0 radical (unpaired) electrons. The quantitative estimate of drug-likeness (QED) is 0.584. The number of nitrogens with zero attached hydrogens (tertiary/aromatic N) is 3. The maximum Gasteiger partial charge on any atom is 0.490 e. The summed E-state index contributed by atoms with van der Waals surface area (Å²) in [5.74, 6) is -1.67. The number of aromatic amines is 1. The molecule has 1 unspecified atom stereocenters. The highest BCUT2D eigenvalue weighted by Gasteiger charge is 2.38. The number of benzene rings is 1. The molecular formula is C20H22F3N5O3. The van der Waals surface area contributed by atoms with Crippen molar-refractivity contribution in [3.8, 4) is 0 Å². The zero-order valence-corrected chi connectivity index (χ0v) is 16.7. The molecule has 3 heterocycles. The lowest BCUT2D eigenvalue weighted by molar-refractivity contribution is -0.192. The minimum absolute atomic E-state index is 0.0698. The maximum absolute atomic E-state index is 12.8. The number of H-pyrrole nitrogens is 1. The van der Waals surface area contributed by atoms with E-state index in [1.165, 1.54) is 5.39 Å². The van der Waals surface area contributed by atoms with Crippen LogP contribution in [0.4, 0.5) is 13.2 Å². The first-order valence-electron chi connectivity index (χ1n) is 9.47. The highest BCUT2D eigenvalue weighted by atomic mass is 19.4. The van der Waals surface area contributed by atoms with Crippen molar-refractivity contribution in [1.29, 1.82) is 0 Å². The number of aliphatic carboxylic acids is 1. The Morgan fingerprint density at radius 3 is 2.77 bits per heavy atom. The van der Waals surface area contributed by atoms with Crippen molar-refractivity contribution in [2.24, 2.45) is 5.92 Å². The van der Waals surface area contributed by atoms with E-state index in [9.17, 15) is 18.0 Å². The van der Waals surface area contributed by atoms with E-state index in [1.807, 2.05) is 30.4 Å². The van der Waals surface area contributed by atoms with Crippen LogP contribution in [0.5, 0.6) is 0 Å². The Balaban J connectivity index is 0.000000339. The van der Waals surface area contributed by atoms with Crippen molar-refractivity contribution >= 4 is 22.8 Å². The van der Waals surface area contributed by atoms with E-state index >= 15 is 0 Å². The van der Waals surface area contributed by atoms with Gasteiger partial charge in [-0.2, -0.15) is 13.2 Å². The fourth-order valence-corrected chi connectivity index (χ4v) is 3.36. The molecule has 1 aliphatic heterocycles. The van der Waals surface area contributed by atoms with Gasteiger partial charge in [0, 0.05) is 50.8 Å². The number of fused-ring (bicyclic) bond motifs is 2. The lowest BCUT2D eigenvalue weighted by Gasteiger charge is -2.23. The Hall–Kier alpha value is -3.34. The van der Waals surface area contributed by atoms with Crippen LogP contribution >= 0.6 is 0 Å². The summed E-state index contributed by atoms with van der Waals surface area (Å²) in [5.41, 5.74) is 2.23. The van der Waals surface area contributed by atoms with E-state index in [2.05, 4.69) is 38.1 Å². The molecule has 0 spiro atoms. The van der Waals surface area contributed by atoms with E-state index in [-0.39, 0.29) is 11.8 Å². The third kappa shape index (κ3) is 5.63. The van der Waals surface area contributed by atoms with Crippen LogP contribution < -0.4 is 5.32 Å². The zero-order valence-electron chi connectivity index (χ0n) is 16.7. The number of carboxylic acids is 1. The number of amides is 1. The van der Waals surface area contributed by atoms with Crippen LogP contribution in [-0.2, 0) is 29.2 Å². The highest BCUT2D eigenvalue weighted by molar-refractivity contribution is 5.81. The van der Waals surface area contributed by atoms with Gasteiger partial charge in [0.2, 0.25) is 5.91 Å². The van der Waals surface area contributed by atoms with Crippen molar-refractivity contribution in [3.05, 3.63) is 54.2 Å². The maximum atomic E-state index is 12.8. The van der Waals surface area contributed by atoms with Crippen molar-refractivity contribution in [3.63, 3.8) is 0 Å². The van der Waals surface area contributed by atoms with Gasteiger partial charge in [0.15, 0.2) is 0 Å². The molecule has 1 aliphatic rings. The van der Waals surface area contributed by atoms with Crippen LogP contribution in [0, 0.1) is 5.92 Å². The van der Waals surface area contributed by atoms with Crippen molar-refractivity contribution in [2.75, 3.05) is 13.6 Å². The predicted molar refractivity (Wildman–Crippen MR) is 106 cm³/mol. The Labute approximate surface area is 175 Å². The number of imidazole rings is 1. The van der Waals surface area contributed by atoms with E-state index in [0.29, 0.717) is 26.2 Å². The van der Waals surface area contributed by atoms with Gasteiger partial charge in [0.25, 0.3) is 0 Å². The number of rotatable bonds is 3. The van der Waals surface area contributed by atoms with Gasteiger partial charge in [-0.25, -0.2) is 9.78 Å². The summed E-state index contributed by atoms with van der Waals surface area (Å²) < 4.78 is 33.8. The van der Waals surface area contributed by atoms with Gasteiger partial charge in [-0.3, -0.25) is 4.79 Å². The second-order valence-electron chi connectivity index (χ2n) is 7.22. The monoisotopic (exact) mass is 437 g/mol. The van der Waals surface area contributed by atoms with Crippen LogP contribution in [-0.4, -0.2) is 56.2 Å². The molecule has 0 saturated heterocycles. The molecule has 1 amide bonds. The second kappa shape index (κ2) is 9.21. The lowest BCUT2D eigenvalue weighted by Crippen LogP contribution is -2.38. The Morgan fingerprint density at radius 1 is 1.32 bits per heavy atom. The first-order valence-corrected chi connectivity index (χ1v) is 9.47. The smallest absolute Gasteiger partial charge is 0.475 e. The topological polar surface area (TPSA) is 103 Å². The molecule has 166 valence electrons. The molecule has 31 heavy (non-hydrogen) atoms. The number of hydrogen-bond acceptors (Lipinski definition) is 4. The number of nitrogens with one attached hydrogen (secondary N) is 2. The third-order valence-electron chi connectivity index (χ3n) is 4.90. The van der Waals surface area contributed by atoms with E-state index in [1.54, 1.807) is 6.20 Å². The van der Waals surface area contributed by atoms with Crippen LogP contribution in [0.3, 0.4) is 0 Å². The SMILES string of the molecule is CN(Cc1ccc2cc[nH]c2c1)C(=O)C1CNCc2nccn2C1.O=C(O)C(F)(F)F. The Bertz CT molecular complexity index is 1060. The number of carbonyl (C=O) groups is 2. The summed E-state index contributed by atoms with van der Waals surface area (Å²) in [6.45, 7) is 2.69. The van der Waals surface area contributed by atoms with E-state index < -0.39 is 12.1 Å². The molecule has 11 heteroatoms. The molecule has 4 rings (SSSR count). The van der Waals surface area contributed by atoms with E-state index in [0.717, 1.165) is 16.9 Å². The Kier molecular flexibility index (Phi) is 6.64. The average molecular weight is 437 g/mol. The van der Waals surface area contributed by atoms with Gasteiger partial charge in [0.1, 0.15) is 5.82 Å². The van der Waals surface area contributed by atoms with Crippen molar-refractivity contribution in [1.82, 2.24) is 24.8 Å². The van der Waals surface area contributed by atoms with E-state index in [4.69, 9.17) is 9.90 Å². The van der Waals surface area contributed by atoms with Gasteiger partial charge < -0.3 is 24.9 Å². The number of carboxylic acid groups (broad SMARTS) is 1. The number of carbonyl (C=O) groups excluding carboxylic acids is 1. The molecule has 8 nitrogen and oxygen atoms in total. The molecule has 2 aromatic heterocycles. The fourth-order valence-electron chi connectivity index (χ4n) is 3.36. The van der Waals surface area contributed by atoms with Gasteiger partial charge in [-0.1, -0.05) is 12.1 Å². The molecule has 0 aliphatic carbocycles. The summed E-state index contributed by atoms with van der Waals surface area (Å²) in [4.78, 5) is 31.1. The second-order valence-corrected chi connectivity index (χ2v) is 7.22. The average Bonchev–Trinajstić information content (AvgIpc) is 3.31. The lowest BCUT2D eigenvalue weighted by atomic mass is 10.1. The summed E-state index contributed by atoms with van der Waals surface area (Å²) >= 11 is 0. The third-order valence-corrected chi connectivity index (χ3v) is 4.90. The number of halogens is 3. The molecule has 0 saturated carbocycles.